The Morgan fingerprint density at radius 2 is 1.91 bits per heavy atom. The second kappa shape index (κ2) is 6.57. The molecule has 0 saturated heterocycles. The van der Waals surface area contributed by atoms with Crippen molar-refractivity contribution in [2.75, 3.05) is 13.7 Å². The van der Waals surface area contributed by atoms with Crippen LogP contribution < -0.4 is 0 Å². The fourth-order valence-corrected chi connectivity index (χ4v) is 3.68. The molecule has 0 spiro atoms. The molecule has 1 N–H and O–H groups in total. The Balaban J connectivity index is 1.89. The lowest BCUT2D eigenvalue weighted by atomic mass is 9.63. The molecule has 2 aliphatic rings. The van der Waals surface area contributed by atoms with Crippen molar-refractivity contribution in [2.45, 2.75) is 65.0 Å². The largest absolute Gasteiger partial charge is 0.481 e. The smallest absolute Gasteiger partial charge is 0.307 e. The molecule has 5 heteroatoms. The number of carboxylic acids is 1. The zero-order valence-corrected chi connectivity index (χ0v) is 14.2. The highest BCUT2D eigenvalue weighted by Crippen LogP contribution is 2.47. The summed E-state index contributed by atoms with van der Waals surface area (Å²) in [6.07, 6.45) is 4.54. The van der Waals surface area contributed by atoms with Gasteiger partial charge in [0.05, 0.1) is 17.9 Å². The minimum Gasteiger partial charge on any atom is -0.481 e. The van der Waals surface area contributed by atoms with Crippen LogP contribution in [-0.2, 0) is 14.3 Å². The van der Waals surface area contributed by atoms with Gasteiger partial charge in [0.2, 0.25) is 5.91 Å². The van der Waals surface area contributed by atoms with E-state index >= 15 is 0 Å². The van der Waals surface area contributed by atoms with Gasteiger partial charge in [-0.05, 0) is 25.7 Å². The monoisotopic (exact) mass is 311 g/mol. The summed E-state index contributed by atoms with van der Waals surface area (Å²) in [5.74, 6) is -1.68. The van der Waals surface area contributed by atoms with Crippen molar-refractivity contribution in [2.24, 2.45) is 17.3 Å². The van der Waals surface area contributed by atoms with Crippen molar-refractivity contribution < 1.29 is 19.4 Å². The van der Waals surface area contributed by atoms with Gasteiger partial charge in [0, 0.05) is 25.1 Å². The number of carbonyl (C=O) groups is 2. The molecule has 0 radical (unpaired) electrons. The van der Waals surface area contributed by atoms with Crippen LogP contribution in [-0.4, -0.2) is 47.7 Å². The molecule has 22 heavy (non-hydrogen) atoms. The molecule has 5 nitrogen and oxygen atoms in total. The first-order valence-electron chi connectivity index (χ1n) is 8.41. The third kappa shape index (κ3) is 3.00. The maximum atomic E-state index is 12.6. The highest BCUT2D eigenvalue weighted by Gasteiger charge is 2.53. The van der Waals surface area contributed by atoms with Crippen molar-refractivity contribution in [3.05, 3.63) is 0 Å². The first kappa shape index (κ1) is 17.3. The summed E-state index contributed by atoms with van der Waals surface area (Å²) < 4.78 is 5.92. The second-order valence-corrected chi connectivity index (χ2v) is 7.36. The van der Waals surface area contributed by atoms with Gasteiger partial charge in [-0.15, -0.1) is 0 Å². The van der Waals surface area contributed by atoms with Gasteiger partial charge in [0.15, 0.2) is 0 Å². The summed E-state index contributed by atoms with van der Waals surface area (Å²) in [5.41, 5.74) is -0.0688. The van der Waals surface area contributed by atoms with E-state index < -0.39 is 11.9 Å². The Morgan fingerprint density at radius 1 is 1.27 bits per heavy atom. The third-order valence-electron chi connectivity index (χ3n) is 5.67. The van der Waals surface area contributed by atoms with Gasteiger partial charge in [0.1, 0.15) is 0 Å². The average Bonchev–Trinajstić information content (AvgIpc) is 2.39. The van der Waals surface area contributed by atoms with Crippen LogP contribution in [0.2, 0.25) is 0 Å². The lowest BCUT2D eigenvalue weighted by molar-refractivity contribution is -0.174. The second-order valence-electron chi connectivity index (χ2n) is 7.36. The highest BCUT2D eigenvalue weighted by molar-refractivity contribution is 5.86. The third-order valence-corrected chi connectivity index (χ3v) is 5.67. The SMILES string of the molecule is CCCCOC1CC(N(C)C(=O)C2CCC2C(=O)O)C1(C)C. The van der Waals surface area contributed by atoms with Crippen molar-refractivity contribution in [3.8, 4) is 0 Å². The first-order valence-corrected chi connectivity index (χ1v) is 8.41. The Bertz CT molecular complexity index is 434. The minimum absolute atomic E-state index is 0.0104. The summed E-state index contributed by atoms with van der Waals surface area (Å²) in [6.45, 7) is 7.19. The van der Waals surface area contributed by atoms with Crippen molar-refractivity contribution >= 4 is 11.9 Å². The molecule has 0 aromatic rings. The summed E-state index contributed by atoms with van der Waals surface area (Å²) in [6, 6.07) is 0.140. The van der Waals surface area contributed by atoms with E-state index in [-0.39, 0.29) is 29.4 Å². The van der Waals surface area contributed by atoms with Gasteiger partial charge >= 0.3 is 5.97 Å². The topological polar surface area (TPSA) is 66.8 Å². The van der Waals surface area contributed by atoms with Crippen LogP contribution in [0.4, 0.5) is 0 Å². The molecule has 2 fully saturated rings. The van der Waals surface area contributed by atoms with Gasteiger partial charge in [-0.25, -0.2) is 0 Å². The van der Waals surface area contributed by atoms with Crippen LogP contribution in [0.1, 0.15) is 52.9 Å². The number of amides is 1. The fourth-order valence-electron chi connectivity index (χ4n) is 3.68. The number of carbonyl (C=O) groups excluding carboxylic acids is 1. The highest BCUT2D eigenvalue weighted by atomic mass is 16.5. The van der Waals surface area contributed by atoms with E-state index in [1.807, 2.05) is 7.05 Å². The van der Waals surface area contributed by atoms with Crippen LogP contribution in [0.3, 0.4) is 0 Å². The van der Waals surface area contributed by atoms with Crippen LogP contribution in [0.15, 0.2) is 0 Å². The van der Waals surface area contributed by atoms with E-state index in [4.69, 9.17) is 9.84 Å². The molecule has 0 bridgehead atoms. The molecule has 0 aromatic heterocycles. The number of nitrogens with zero attached hydrogens (tertiary/aromatic N) is 1. The molecule has 2 aliphatic carbocycles. The number of hydrogen-bond donors (Lipinski definition) is 1. The molecule has 4 unspecified atom stereocenters. The minimum atomic E-state index is -0.841. The normalized spacial score (nSPS) is 32.7. The van der Waals surface area contributed by atoms with E-state index in [0.29, 0.717) is 12.8 Å². The molecule has 0 heterocycles. The molecule has 4 atom stereocenters. The van der Waals surface area contributed by atoms with Crippen LogP contribution >= 0.6 is 0 Å². The Kier molecular flexibility index (Phi) is 5.15. The summed E-state index contributed by atoms with van der Waals surface area (Å²) in [4.78, 5) is 25.4. The molecular weight excluding hydrogens is 282 g/mol. The van der Waals surface area contributed by atoms with Crippen molar-refractivity contribution in [3.63, 3.8) is 0 Å². The zero-order chi connectivity index (χ0) is 16.5. The maximum absolute atomic E-state index is 12.6. The lowest BCUT2D eigenvalue weighted by Crippen LogP contribution is -2.63. The zero-order valence-electron chi connectivity index (χ0n) is 14.2. The number of hydrogen-bond acceptors (Lipinski definition) is 3. The van der Waals surface area contributed by atoms with Gasteiger partial charge in [-0.3, -0.25) is 9.59 Å². The fraction of sp³-hybridized carbons (Fsp3) is 0.882. The van der Waals surface area contributed by atoms with Gasteiger partial charge in [-0.1, -0.05) is 27.2 Å². The Hall–Kier alpha value is -1.10. The number of aliphatic carboxylic acids is 1. The molecule has 0 aliphatic heterocycles. The molecule has 0 aromatic carbocycles. The first-order chi connectivity index (χ1) is 10.3. The number of ether oxygens (including phenoxy) is 1. The Labute approximate surface area is 133 Å². The van der Waals surface area contributed by atoms with E-state index in [1.54, 1.807) is 4.90 Å². The van der Waals surface area contributed by atoms with Gasteiger partial charge < -0.3 is 14.7 Å². The number of carboxylic acid groups (broad SMARTS) is 1. The summed E-state index contributed by atoms with van der Waals surface area (Å²) in [5, 5.41) is 9.12. The molecule has 126 valence electrons. The average molecular weight is 311 g/mol. The Morgan fingerprint density at radius 3 is 2.36 bits per heavy atom. The van der Waals surface area contributed by atoms with Crippen molar-refractivity contribution in [1.29, 1.82) is 0 Å². The van der Waals surface area contributed by atoms with Gasteiger partial charge in [0.25, 0.3) is 0 Å². The van der Waals surface area contributed by atoms with Crippen LogP contribution in [0.25, 0.3) is 0 Å². The van der Waals surface area contributed by atoms with E-state index in [1.165, 1.54) is 0 Å². The number of unbranched alkanes of at least 4 members (excludes halogenated alkanes) is 1. The van der Waals surface area contributed by atoms with Crippen LogP contribution in [0.5, 0.6) is 0 Å². The lowest BCUT2D eigenvalue weighted by Gasteiger charge is -2.55. The predicted octanol–water partition coefficient (Wildman–Crippen LogP) is 2.54. The predicted molar refractivity (Wildman–Crippen MR) is 83.5 cm³/mol. The standard InChI is InChI=1S/C17H29NO4/c1-5-6-9-22-14-10-13(17(14,2)3)18(4)15(19)11-7-8-12(11)16(20)21/h11-14H,5-10H2,1-4H3,(H,20,21). The molecule has 2 saturated carbocycles. The van der Waals surface area contributed by atoms with Crippen molar-refractivity contribution in [1.82, 2.24) is 4.90 Å². The van der Waals surface area contributed by atoms with Crippen LogP contribution in [0, 0.1) is 17.3 Å². The summed E-state index contributed by atoms with van der Waals surface area (Å²) in [7, 11) is 1.81. The number of rotatable bonds is 7. The quantitative estimate of drug-likeness (QED) is 0.734. The van der Waals surface area contributed by atoms with E-state index in [9.17, 15) is 9.59 Å². The maximum Gasteiger partial charge on any atom is 0.307 e. The summed E-state index contributed by atoms with van der Waals surface area (Å²) >= 11 is 0. The molecular formula is C17H29NO4. The molecule has 2 rings (SSSR count). The van der Waals surface area contributed by atoms with E-state index in [2.05, 4.69) is 20.8 Å². The van der Waals surface area contributed by atoms with Gasteiger partial charge in [-0.2, -0.15) is 0 Å². The molecule has 1 amide bonds. The van der Waals surface area contributed by atoms with E-state index in [0.717, 1.165) is 25.9 Å².